The number of carbonyl (C=O) groups is 1. The van der Waals surface area contributed by atoms with Crippen molar-refractivity contribution in [2.75, 3.05) is 5.32 Å². The number of pyridine rings is 1. The number of amides is 1. The van der Waals surface area contributed by atoms with Gasteiger partial charge >= 0.3 is 5.69 Å². The second-order valence-corrected chi connectivity index (χ2v) is 6.09. The zero-order chi connectivity index (χ0) is 18.1. The summed E-state index contributed by atoms with van der Waals surface area (Å²) in [7, 11) is 2.94. The van der Waals surface area contributed by atoms with Crippen molar-refractivity contribution in [3.63, 3.8) is 0 Å². The average molecular weight is 359 g/mol. The summed E-state index contributed by atoms with van der Waals surface area (Å²) in [5, 5.41) is 3.57. The molecule has 25 heavy (non-hydrogen) atoms. The zero-order valence-corrected chi connectivity index (χ0v) is 14.4. The molecule has 0 spiro atoms. The van der Waals surface area contributed by atoms with Gasteiger partial charge in [0.2, 0.25) is 5.91 Å². The zero-order valence-electron chi connectivity index (χ0n) is 13.6. The molecule has 0 unspecified atom stereocenters. The maximum absolute atomic E-state index is 12.2. The number of benzene rings is 1. The van der Waals surface area contributed by atoms with Gasteiger partial charge in [-0.3, -0.25) is 18.7 Å². The van der Waals surface area contributed by atoms with E-state index in [9.17, 15) is 14.4 Å². The van der Waals surface area contributed by atoms with Gasteiger partial charge in [-0.2, -0.15) is 0 Å². The van der Waals surface area contributed by atoms with Gasteiger partial charge in [-0.25, -0.2) is 9.78 Å². The van der Waals surface area contributed by atoms with E-state index in [0.29, 0.717) is 10.7 Å². The molecule has 3 aromatic rings. The van der Waals surface area contributed by atoms with Gasteiger partial charge in [0, 0.05) is 19.1 Å². The molecule has 2 aromatic heterocycles. The highest BCUT2D eigenvalue weighted by Crippen LogP contribution is 2.14. The van der Waals surface area contributed by atoms with Gasteiger partial charge in [-0.05, 0) is 23.8 Å². The fourth-order valence-corrected chi connectivity index (χ4v) is 2.65. The molecule has 7 nitrogen and oxygen atoms in total. The largest absolute Gasteiger partial charge is 0.332 e. The number of aryl methyl sites for hydroxylation is 1. The van der Waals surface area contributed by atoms with Crippen molar-refractivity contribution in [1.82, 2.24) is 14.1 Å². The van der Waals surface area contributed by atoms with E-state index in [-0.39, 0.29) is 23.4 Å². The van der Waals surface area contributed by atoms with Crippen LogP contribution in [0.4, 0.5) is 5.69 Å². The number of fused-ring (bicyclic) bond motifs is 1. The molecule has 8 heteroatoms. The minimum Gasteiger partial charge on any atom is -0.324 e. The van der Waals surface area contributed by atoms with Crippen LogP contribution in [0.3, 0.4) is 0 Å². The lowest BCUT2D eigenvalue weighted by atomic mass is 10.1. The number of hydrogen-bond donors (Lipinski definition) is 1. The van der Waals surface area contributed by atoms with E-state index in [4.69, 9.17) is 11.6 Å². The van der Waals surface area contributed by atoms with E-state index in [1.165, 1.54) is 30.9 Å². The van der Waals surface area contributed by atoms with E-state index in [1.807, 2.05) is 0 Å². The van der Waals surface area contributed by atoms with Crippen molar-refractivity contribution in [2.45, 2.75) is 6.42 Å². The number of nitrogens with one attached hydrogen (secondary N) is 1. The molecule has 3 rings (SSSR count). The van der Waals surface area contributed by atoms with Gasteiger partial charge in [0.05, 0.1) is 23.7 Å². The summed E-state index contributed by atoms with van der Waals surface area (Å²) >= 11 is 5.82. The van der Waals surface area contributed by atoms with Gasteiger partial charge in [0.25, 0.3) is 5.56 Å². The molecule has 0 aliphatic carbocycles. The summed E-state index contributed by atoms with van der Waals surface area (Å²) in [5.74, 6) is -0.245. The Labute approximate surface area is 147 Å². The number of nitrogens with zero attached hydrogens (tertiary/aromatic N) is 3. The van der Waals surface area contributed by atoms with Crippen molar-refractivity contribution in [3.05, 3.63) is 68.0 Å². The lowest BCUT2D eigenvalue weighted by Crippen LogP contribution is -2.37. The monoisotopic (exact) mass is 358 g/mol. The lowest BCUT2D eigenvalue weighted by Gasteiger charge is -2.09. The van der Waals surface area contributed by atoms with Gasteiger partial charge in [-0.1, -0.05) is 23.7 Å². The summed E-state index contributed by atoms with van der Waals surface area (Å²) in [5.41, 5.74) is 0.559. The third kappa shape index (κ3) is 3.32. The minimum atomic E-state index is -0.459. The van der Waals surface area contributed by atoms with Crippen LogP contribution < -0.4 is 16.6 Å². The maximum atomic E-state index is 12.2. The molecule has 0 bridgehead atoms. The fourth-order valence-electron chi connectivity index (χ4n) is 2.53. The van der Waals surface area contributed by atoms with Gasteiger partial charge in [-0.15, -0.1) is 0 Å². The van der Waals surface area contributed by atoms with Crippen LogP contribution in [-0.4, -0.2) is 20.0 Å². The number of aromatic nitrogens is 3. The normalized spacial score (nSPS) is 10.8. The third-order valence-corrected chi connectivity index (χ3v) is 4.11. The Hall–Kier alpha value is -2.93. The molecule has 0 fully saturated rings. The Kier molecular flexibility index (Phi) is 4.41. The van der Waals surface area contributed by atoms with Crippen LogP contribution in [0.25, 0.3) is 11.0 Å². The van der Waals surface area contributed by atoms with Gasteiger partial charge in [0.1, 0.15) is 5.65 Å². The first-order valence-electron chi connectivity index (χ1n) is 7.47. The summed E-state index contributed by atoms with van der Waals surface area (Å²) < 4.78 is 2.29. The van der Waals surface area contributed by atoms with Crippen LogP contribution in [-0.2, 0) is 25.3 Å². The molecule has 0 aliphatic rings. The van der Waals surface area contributed by atoms with Crippen LogP contribution in [0.2, 0.25) is 5.02 Å². The molecule has 1 amide bonds. The van der Waals surface area contributed by atoms with E-state index < -0.39 is 11.2 Å². The first kappa shape index (κ1) is 16.9. The second-order valence-electron chi connectivity index (χ2n) is 5.65. The predicted octanol–water partition coefficient (Wildman–Crippen LogP) is 1.47. The number of halogens is 1. The average Bonchev–Trinajstić information content (AvgIpc) is 2.60. The molecule has 1 N–H and O–H groups in total. The maximum Gasteiger partial charge on any atom is 0.332 e. The smallest absolute Gasteiger partial charge is 0.324 e. The molecule has 2 heterocycles. The third-order valence-electron chi connectivity index (χ3n) is 3.85. The van der Waals surface area contributed by atoms with Crippen molar-refractivity contribution in [3.8, 4) is 0 Å². The van der Waals surface area contributed by atoms with E-state index in [1.54, 1.807) is 24.3 Å². The number of carbonyl (C=O) groups excluding carboxylic acids is 1. The Morgan fingerprint density at radius 2 is 1.84 bits per heavy atom. The molecular weight excluding hydrogens is 344 g/mol. The number of rotatable bonds is 3. The molecule has 128 valence electrons. The highest BCUT2D eigenvalue weighted by atomic mass is 35.5. The number of anilines is 1. The molecular formula is C17H15ClN4O3. The first-order valence-corrected chi connectivity index (χ1v) is 7.84. The Bertz CT molecular complexity index is 1080. The van der Waals surface area contributed by atoms with Crippen LogP contribution in [0.15, 0.2) is 46.1 Å². The second kappa shape index (κ2) is 6.52. The Balaban J connectivity index is 1.89. The van der Waals surface area contributed by atoms with E-state index >= 15 is 0 Å². The first-order chi connectivity index (χ1) is 11.9. The highest BCUT2D eigenvalue weighted by molar-refractivity contribution is 6.30. The van der Waals surface area contributed by atoms with Crippen molar-refractivity contribution in [1.29, 1.82) is 0 Å². The summed E-state index contributed by atoms with van der Waals surface area (Å²) in [6, 6.07) is 8.49. The van der Waals surface area contributed by atoms with Gasteiger partial charge < -0.3 is 5.32 Å². The standard InChI is InChI=1S/C17H15ClN4O3/c1-21-15-13(16(24)22(2)17(21)25)8-12(9-19-15)20-14(23)7-10-3-5-11(18)6-4-10/h3-6,8-9H,7H2,1-2H3,(H,20,23). The fraction of sp³-hybridized carbons (Fsp3) is 0.176. The van der Waals surface area contributed by atoms with Crippen LogP contribution in [0.1, 0.15) is 5.56 Å². The van der Waals surface area contributed by atoms with Crippen LogP contribution in [0.5, 0.6) is 0 Å². The van der Waals surface area contributed by atoms with Crippen molar-refractivity contribution >= 4 is 34.2 Å². The predicted molar refractivity (Wildman–Crippen MR) is 96.0 cm³/mol. The van der Waals surface area contributed by atoms with Gasteiger partial charge in [0.15, 0.2) is 0 Å². The minimum absolute atomic E-state index is 0.167. The molecule has 0 radical (unpaired) electrons. The van der Waals surface area contributed by atoms with Crippen LogP contribution in [0, 0.1) is 0 Å². The Morgan fingerprint density at radius 1 is 1.16 bits per heavy atom. The SMILES string of the molecule is Cn1c(=O)c2cc(NC(=O)Cc3ccc(Cl)cc3)cnc2n(C)c1=O. The van der Waals surface area contributed by atoms with Crippen molar-refractivity contribution < 1.29 is 4.79 Å². The topological polar surface area (TPSA) is 86.0 Å². The van der Waals surface area contributed by atoms with Crippen LogP contribution >= 0.6 is 11.6 Å². The quantitative estimate of drug-likeness (QED) is 0.768. The summed E-state index contributed by atoms with van der Waals surface area (Å²) in [6.07, 6.45) is 1.58. The highest BCUT2D eigenvalue weighted by Gasteiger charge is 2.11. The lowest BCUT2D eigenvalue weighted by molar-refractivity contribution is -0.115. The van der Waals surface area contributed by atoms with E-state index in [0.717, 1.165) is 10.1 Å². The molecule has 0 saturated carbocycles. The molecule has 0 saturated heterocycles. The molecule has 1 aromatic carbocycles. The van der Waals surface area contributed by atoms with Crippen molar-refractivity contribution in [2.24, 2.45) is 14.1 Å². The number of hydrogen-bond acceptors (Lipinski definition) is 4. The summed E-state index contributed by atoms with van der Waals surface area (Å²) in [4.78, 5) is 40.4. The molecule has 0 aliphatic heterocycles. The molecule has 0 atom stereocenters. The summed E-state index contributed by atoms with van der Waals surface area (Å²) in [6.45, 7) is 0. The Morgan fingerprint density at radius 3 is 2.52 bits per heavy atom. The van der Waals surface area contributed by atoms with E-state index in [2.05, 4.69) is 10.3 Å².